The summed E-state index contributed by atoms with van der Waals surface area (Å²) in [5.41, 5.74) is 0. The number of hydrogen-bond acceptors (Lipinski definition) is 3. The Hall–Kier alpha value is -0.770. The Morgan fingerprint density at radius 1 is 1.43 bits per heavy atom. The van der Waals surface area contributed by atoms with Crippen LogP contribution in [0.2, 0.25) is 0 Å². The minimum atomic E-state index is -0.365. The molecule has 0 fully saturated rings. The predicted octanol–water partition coefficient (Wildman–Crippen LogP) is 1.94. The lowest BCUT2D eigenvalue weighted by Gasteiger charge is -2.17. The summed E-state index contributed by atoms with van der Waals surface area (Å²) in [6.07, 6.45) is 1.46. The van der Waals surface area contributed by atoms with Crippen molar-refractivity contribution in [2.24, 2.45) is 0 Å². The molecule has 0 aromatic heterocycles. The standard InChI is InChI=1S/C10H21NO3/c1-5-6-9(7-13-4)11-10(12)14-8(2)3/h8-9H,5-7H2,1-4H3,(H,11,12). The van der Waals surface area contributed by atoms with Gasteiger partial charge in [-0.15, -0.1) is 0 Å². The fourth-order valence-electron chi connectivity index (χ4n) is 1.16. The average Bonchev–Trinajstić information content (AvgIpc) is 2.03. The van der Waals surface area contributed by atoms with Crippen LogP contribution in [0.1, 0.15) is 33.6 Å². The Morgan fingerprint density at radius 2 is 2.07 bits per heavy atom. The van der Waals surface area contributed by atoms with E-state index in [1.165, 1.54) is 0 Å². The summed E-state index contributed by atoms with van der Waals surface area (Å²) in [5.74, 6) is 0. The van der Waals surface area contributed by atoms with Crippen LogP contribution in [0.3, 0.4) is 0 Å². The van der Waals surface area contributed by atoms with E-state index in [0.717, 1.165) is 12.8 Å². The van der Waals surface area contributed by atoms with E-state index in [9.17, 15) is 4.79 Å². The molecule has 0 aliphatic heterocycles. The zero-order valence-corrected chi connectivity index (χ0v) is 9.50. The molecule has 0 bridgehead atoms. The maximum absolute atomic E-state index is 11.2. The number of hydrogen-bond donors (Lipinski definition) is 1. The largest absolute Gasteiger partial charge is 0.447 e. The van der Waals surface area contributed by atoms with Gasteiger partial charge in [0.05, 0.1) is 18.8 Å². The van der Waals surface area contributed by atoms with Gasteiger partial charge in [-0.05, 0) is 20.3 Å². The summed E-state index contributed by atoms with van der Waals surface area (Å²) in [7, 11) is 1.62. The lowest BCUT2D eigenvalue weighted by molar-refractivity contribution is 0.101. The Balaban J connectivity index is 3.82. The molecule has 1 N–H and O–H groups in total. The molecule has 0 saturated heterocycles. The average molecular weight is 203 g/mol. The minimum Gasteiger partial charge on any atom is -0.447 e. The molecule has 1 amide bonds. The summed E-state index contributed by atoms with van der Waals surface area (Å²) in [6, 6.07) is 0.0521. The Bertz CT molecular complexity index is 153. The normalized spacial score (nSPS) is 12.6. The first-order valence-corrected chi connectivity index (χ1v) is 5.06. The van der Waals surface area contributed by atoms with Gasteiger partial charge in [0.15, 0.2) is 0 Å². The number of rotatable bonds is 6. The molecule has 14 heavy (non-hydrogen) atoms. The molecule has 0 spiro atoms. The van der Waals surface area contributed by atoms with Crippen LogP contribution in [-0.4, -0.2) is 32.0 Å². The number of carbonyl (C=O) groups is 1. The molecule has 0 aliphatic carbocycles. The molecular weight excluding hydrogens is 182 g/mol. The van der Waals surface area contributed by atoms with Gasteiger partial charge in [-0.3, -0.25) is 0 Å². The second-order valence-electron chi connectivity index (χ2n) is 3.54. The number of alkyl carbamates (subject to hydrolysis) is 1. The van der Waals surface area contributed by atoms with E-state index < -0.39 is 0 Å². The predicted molar refractivity (Wildman–Crippen MR) is 55.3 cm³/mol. The van der Waals surface area contributed by atoms with Crippen LogP contribution in [-0.2, 0) is 9.47 Å². The monoisotopic (exact) mass is 203 g/mol. The summed E-state index contributed by atoms with van der Waals surface area (Å²) >= 11 is 0. The SMILES string of the molecule is CCCC(COC)NC(=O)OC(C)C. The van der Waals surface area contributed by atoms with Crippen molar-refractivity contribution in [1.29, 1.82) is 0 Å². The third kappa shape index (κ3) is 6.71. The van der Waals surface area contributed by atoms with E-state index >= 15 is 0 Å². The molecule has 0 radical (unpaired) electrons. The molecule has 4 heteroatoms. The maximum Gasteiger partial charge on any atom is 0.407 e. The van der Waals surface area contributed by atoms with Crippen LogP contribution in [0.5, 0.6) is 0 Å². The summed E-state index contributed by atoms with van der Waals surface area (Å²) in [4.78, 5) is 11.2. The fourth-order valence-corrected chi connectivity index (χ4v) is 1.16. The highest BCUT2D eigenvalue weighted by molar-refractivity contribution is 5.67. The van der Waals surface area contributed by atoms with Crippen molar-refractivity contribution in [2.75, 3.05) is 13.7 Å². The van der Waals surface area contributed by atoms with Crippen LogP contribution in [0.15, 0.2) is 0 Å². The van der Waals surface area contributed by atoms with Crippen molar-refractivity contribution in [3.05, 3.63) is 0 Å². The lowest BCUT2D eigenvalue weighted by atomic mass is 10.2. The van der Waals surface area contributed by atoms with Crippen molar-refractivity contribution in [3.63, 3.8) is 0 Å². The molecule has 0 aliphatic rings. The van der Waals surface area contributed by atoms with Gasteiger partial charge in [0.2, 0.25) is 0 Å². The molecule has 4 nitrogen and oxygen atoms in total. The van der Waals surface area contributed by atoms with Crippen molar-refractivity contribution in [1.82, 2.24) is 5.32 Å². The Labute approximate surface area is 86.0 Å². The van der Waals surface area contributed by atoms with E-state index in [4.69, 9.17) is 9.47 Å². The van der Waals surface area contributed by atoms with E-state index in [0.29, 0.717) is 6.61 Å². The van der Waals surface area contributed by atoms with E-state index in [1.54, 1.807) is 7.11 Å². The van der Waals surface area contributed by atoms with Crippen molar-refractivity contribution in [3.8, 4) is 0 Å². The molecule has 0 aromatic rings. The topological polar surface area (TPSA) is 47.6 Å². The van der Waals surface area contributed by atoms with Gasteiger partial charge in [0.1, 0.15) is 0 Å². The van der Waals surface area contributed by atoms with Crippen LogP contribution in [0.25, 0.3) is 0 Å². The smallest absolute Gasteiger partial charge is 0.407 e. The number of carbonyl (C=O) groups excluding carboxylic acids is 1. The van der Waals surface area contributed by atoms with Crippen molar-refractivity contribution in [2.45, 2.75) is 45.8 Å². The molecule has 1 unspecified atom stereocenters. The van der Waals surface area contributed by atoms with E-state index in [1.807, 2.05) is 13.8 Å². The highest BCUT2D eigenvalue weighted by Crippen LogP contribution is 1.98. The van der Waals surface area contributed by atoms with Crippen molar-refractivity contribution < 1.29 is 14.3 Å². The van der Waals surface area contributed by atoms with Crippen LogP contribution >= 0.6 is 0 Å². The maximum atomic E-state index is 11.2. The molecule has 0 heterocycles. The van der Waals surface area contributed by atoms with Gasteiger partial charge in [-0.1, -0.05) is 13.3 Å². The van der Waals surface area contributed by atoms with Crippen molar-refractivity contribution >= 4 is 6.09 Å². The third-order valence-electron chi connectivity index (χ3n) is 1.67. The van der Waals surface area contributed by atoms with Gasteiger partial charge in [-0.2, -0.15) is 0 Å². The first-order valence-electron chi connectivity index (χ1n) is 5.06. The lowest BCUT2D eigenvalue weighted by Crippen LogP contribution is -2.39. The Kier molecular flexibility index (Phi) is 7.20. The second-order valence-corrected chi connectivity index (χ2v) is 3.54. The summed E-state index contributed by atoms with van der Waals surface area (Å²) in [5, 5.41) is 2.76. The van der Waals surface area contributed by atoms with Gasteiger partial charge >= 0.3 is 6.09 Å². The summed E-state index contributed by atoms with van der Waals surface area (Å²) in [6.45, 7) is 6.24. The molecule has 0 rings (SSSR count). The molecule has 0 saturated carbocycles. The highest BCUT2D eigenvalue weighted by atomic mass is 16.6. The van der Waals surface area contributed by atoms with Crippen LogP contribution in [0, 0.1) is 0 Å². The zero-order valence-electron chi connectivity index (χ0n) is 9.50. The molecular formula is C10H21NO3. The summed E-state index contributed by atoms with van der Waals surface area (Å²) < 4.78 is 9.96. The van der Waals surface area contributed by atoms with E-state index in [2.05, 4.69) is 12.2 Å². The quantitative estimate of drug-likeness (QED) is 0.717. The second kappa shape index (κ2) is 7.62. The van der Waals surface area contributed by atoms with Gasteiger partial charge < -0.3 is 14.8 Å². The minimum absolute atomic E-state index is 0.0521. The van der Waals surface area contributed by atoms with E-state index in [-0.39, 0.29) is 18.2 Å². The van der Waals surface area contributed by atoms with Gasteiger partial charge in [0, 0.05) is 7.11 Å². The number of amides is 1. The molecule has 0 aromatic carbocycles. The first-order chi connectivity index (χ1) is 6.60. The van der Waals surface area contributed by atoms with Crippen LogP contribution < -0.4 is 5.32 Å². The fraction of sp³-hybridized carbons (Fsp3) is 0.900. The Morgan fingerprint density at radius 3 is 2.50 bits per heavy atom. The molecule has 84 valence electrons. The molecule has 1 atom stereocenters. The third-order valence-corrected chi connectivity index (χ3v) is 1.67. The van der Waals surface area contributed by atoms with Gasteiger partial charge in [-0.25, -0.2) is 4.79 Å². The zero-order chi connectivity index (χ0) is 11.0. The number of methoxy groups -OCH3 is 1. The highest BCUT2D eigenvalue weighted by Gasteiger charge is 2.12. The number of ether oxygens (including phenoxy) is 2. The van der Waals surface area contributed by atoms with Crippen LogP contribution in [0.4, 0.5) is 4.79 Å². The first kappa shape index (κ1) is 13.2. The van der Waals surface area contributed by atoms with Gasteiger partial charge in [0.25, 0.3) is 0 Å². The number of nitrogens with one attached hydrogen (secondary N) is 1.